The van der Waals surface area contributed by atoms with Crippen LogP contribution < -0.4 is 16.4 Å². The molecule has 0 radical (unpaired) electrons. The lowest BCUT2D eigenvalue weighted by molar-refractivity contribution is -0.301. The first kappa shape index (κ1) is 30.1. The maximum atomic E-state index is 12.7. The van der Waals surface area contributed by atoms with E-state index in [4.69, 9.17) is 24.7 Å². The summed E-state index contributed by atoms with van der Waals surface area (Å²) in [7, 11) is 1.65. The Labute approximate surface area is 220 Å². The lowest BCUT2D eigenvalue weighted by atomic mass is 9.70. The van der Waals surface area contributed by atoms with E-state index in [2.05, 4.69) is 10.6 Å². The summed E-state index contributed by atoms with van der Waals surface area (Å²) in [6, 6.07) is -1.57. The van der Waals surface area contributed by atoms with E-state index in [1.54, 1.807) is 34.7 Å². The molecule has 11 atom stereocenters. The summed E-state index contributed by atoms with van der Waals surface area (Å²) in [6.07, 6.45) is -1.55. The number of nitrogens with one attached hydrogen (secondary N) is 2. The molecule has 0 aromatic heterocycles. The van der Waals surface area contributed by atoms with Crippen molar-refractivity contribution in [2.45, 2.75) is 121 Å². The molecular weight excluding hydrogens is 482 g/mol. The fourth-order valence-electron chi connectivity index (χ4n) is 5.76. The van der Waals surface area contributed by atoms with Gasteiger partial charge in [0.1, 0.15) is 23.4 Å². The molecule has 0 spiro atoms. The van der Waals surface area contributed by atoms with Crippen LogP contribution in [0.5, 0.6) is 0 Å². The average Bonchev–Trinajstić information content (AvgIpc) is 2.77. The van der Waals surface area contributed by atoms with Crippen LogP contribution in [0.3, 0.4) is 0 Å². The van der Waals surface area contributed by atoms with Gasteiger partial charge >= 0.3 is 6.09 Å². The molecule has 11 heteroatoms. The van der Waals surface area contributed by atoms with Crippen molar-refractivity contribution in [2.75, 3.05) is 13.7 Å². The minimum atomic E-state index is -1.29. The van der Waals surface area contributed by atoms with E-state index < -0.39 is 72.0 Å². The normalized spacial score (nSPS) is 42.9. The van der Waals surface area contributed by atoms with Gasteiger partial charge in [-0.15, -0.1) is 0 Å². The third kappa shape index (κ3) is 6.95. The van der Waals surface area contributed by atoms with Gasteiger partial charge < -0.3 is 50.6 Å². The van der Waals surface area contributed by atoms with Crippen molar-refractivity contribution in [3.8, 4) is 0 Å². The monoisotopic (exact) mass is 529 g/mol. The predicted molar refractivity (Wildman–Crippen MR) is 136 cm³/mol. The van der Waals surface area contributed by atoms with Gasteiger partial charge in [0.25, 0.3) is 0 Å². The van der Waals surface area contributed by atoms with E-state index in [-0.39, 0.29) is 12.5 Å². The molecule has 1 aliphatic carbocycles. The van der Waals surface area contributed by atoms with Crippen molar-refractivity contribution in [2.24, 2.45) is 17.6 Å². The van der Waals surface area contributed by atoms with Crippen molar-refractivity contribution in [3.05, 3.63) is 11.8 Å². The van der Waals surface area contributed by atoms with Gasteiger partial charge in [-0.25, -0.2) is 4.79 Å². The molecule has 1 saturated carbocycles. The third-order valence-corrected chi connectivity index (χ3v) is 7.57. The van der Waals surface area contributed by atoms with Gasteiger partial charge in [0.2, 0.25) is 0 Å². The lowest BCUT2D eigenvalue weighted by Crippen LogP contribution is -2.67. The fraction of sp³-hybridized carbons (Fsp3) is 0.885. The molecule has 1 saturated heterocycles. The van der Waals surface area contributed by atoms with Crippen molar-refractivity contribution in [1.82, 2.24) is 10.6 Å². The number of allylic oxidation sites excluding steroid dienone is 1. The van der Waals surface area contributed by atoms with Crippen molar-refractivity contribution in [1.29, 1.82) is 0 Å². The highest BCUT2D eigenvalue weighted by atomic mass is 16.7. The number of likely N-dealkylation sites (N-methyl/N-ethyl adjacent to an activating group) is 1. The molecule has 2 heterocycles. The maximum Gasteiger partial charge on any atom is 0.407 e. The number of nitrogens with two attached hydrogens (primary N) is 1. The Kier molecular flexibility index (Phi) is 9.53. The summed E-state index contributed by atoms with van der Waals surface area (Å²) in [5, 5.41) is 39.1. The Morgan fingerprint density at radius 1 is 1.30 bits per heavy atom. The maximum absolute atomic E-state index is 12.7. The van der Waals surface area contributed by atoms with Crippen LogP contribution >= 0.6 is 0 Å². The Morgan fingerprint density at radius 3 is 2.57 bits per heavy atom. The SMILES string of the molecule is CCC1=CCC(N)C(C2C(NC(=O)OC(C)(C)C)CC(C)C(OC3OCC(C)(O)C(NC)C3O)C2O)O1. The number of hydrogen-bond acceptors (Lipinski definition) is 10. The topological polar surface area (TPSA) is 165 Å². The van der Waals surface area contributed by atoms with Crippen LogP contribution in [0.1, 0.15) is 60.8 Å². The van der Waals surface area contributed by atoms with Crippen LogP contribution in [0.4, 0.5) is 4.79 Å². The van der Waals surface area contributed by atoms with E-state index in [1.807, 2.05) is 19.9 Å². The number of rotatable bonds is 6. The zero-order valence-electron chi connectivity index (χ0n) is 23.1. The second-order valence-corrected chi connectivity index (χ2v) is 11.9. The molecule has 11 unspecified atom stereocenters. The number of carbonyl (C=O) groups excluding carboxylic acids is 1. The number of alkyl carbamates (subject to hydrolysis) is 1. The zero-order chi connectivity index (χ0) is 27.7. The van der Waals surface area contributed by atoms with Crippen LogP contribution in [0.2, 0.25) is 0 Å². The molecule has 2 fully saturated rings. The van der Waals surface area contributed by atoms with E-state index in [0.717, 1.165) is 5.76 Å². The Balaban J connectivity index is 1.85. The summed E-state index contributed by atoms with van der Waals surface area (Å²) in [5.74, 6) is -0.0440. The molecule has 3 rings (SSSR count). The summed E-state index contributed by atoms with van der Waals surface area (Å²) in [5.41, 5.74) is 4.50. The minimum absolute atomic E-state index is 0.0506. The minimum Gasteiger partial charge on any atom is -0.493 e. The van der Waals surface area contributed by atoms with E-state index in [9.17, 15) is 20.1 Å². The Hall–Kier alpha value is -1.47. The molecule has 7 N–H and O–H groups in total. The number of carbonyl (C=O) groups is 1. The first-order valence-electron chi connectivity index (χ1n) is 13.3. The largest absolute Gasteiger partial charge is 0.493 e. The number of amides is 1. The summed E-state index contributed by atoms with van der Waals surface area (Å²) >= 11 is 0. The second kappa shape index (κ2) is 11.7. The van der Waals surface area contributed by atoms with Crippen LogP contribution in [-0.4, -0.2) is 95.1 Å². The molecule has 3 aliphatic rings. The summed E-state index contributed by atoms with van der Waals surface area (Å²) in [6.45, 7) is 10.8. The van der Waals surface area contributed by atoms with E-state index >= 15 is 0 Å². The third-order valence-electron chi connectivity index (χ3n) is 7.57. The number of aliphatic hydroxyl groups is 3. The summed E-state index contributed by atoms with van der Waals surface area (Å²) in [4.78, 5) is 12.7. The Bertz CT molecular complexity index is 816. The number of ether oxygens (including phenoxy) is 4. The van der Waals surface area contributed by atoms with Gasteiger partial charge in [-0.2, -0.15) is 0 Å². The number of hydrogen-bond donors (Lipinski definition) is 6. The highest BCUT2D eigenvalue weighted by Crippen LogP contribution is 2.39. The average molecular weight is 530 g/mol. The first-order chi connectivity index (χ1) is 17.2. The van der Waals surface area contributed by atoms with E-state index in [0.29, 0.717) is 19.3 Å². The fourth-order valence-corrected chi connectivity index (χ4v) is 5.76. The van der Waals surface area contributed by atoms with Gasteiger partial charge in [-0.3, -0.25) is 0 Å². The van der Waals surface area contributed by atoms with Gasteiger partial charge in [-0.1, -0.05) is 13.8 Å². The molecule has 37 heavy (non-hydrogen) atoms. The van der Waals surface area contributed by atoms with Crippen molar-refractivity contribution in [3.63, 3.8) is 0 Å². The van der Waals surface area contributed by atoms with Gasteiger partial charge in [0.15, 0.2) is 6.29 Å². The van der Waals surface area contributed by atoms with Crippen molar-refractivity contribution < 1.29 is 39.1 Å². The summed E-state index contributed by atoms with van der Waals surface area (Å²) < 4.78 is 23.6. The molecule has 214 valence electrons. The van der Waals surface area contributed by atoms with Crippen LogP contribution in [0.15, 0.2) is 11.8 Å². The highest BCUT2D eigenvalue weighted by molar-refractivity contribution is 5.68. The molecule has 0 bridgehead atoms. The zero-order valence-corrected chi connectivity index (χ0v) is 23.1. The van der Waals surface area contributed by atoms with Crippen LogP contribution in [0, 0.1) is 11.8 Å². The van der Waals surface area contributed by atoms with Crippen LogP contribution in [0.25, 0.3) is 0 Å². The standard InChI is InChI=1S/C26H47N3O8/c1-8-14-9-10-15(27)21(35-14)17-16(29-24(32)37-25(3,4)5)11-13(2)20(18(17)30)36-23-19(31)22(28-7)26(6,33)12-34-23/h9,13,15-23,28,30-31,33H,8,10-12,27H2,1-7H3,(H,29,32). The van der Waals surface area contributed by atoms with Gasteiger partial charge in [-0.05, 0) is 59.6 Å². The highest BCUT2D eigenvalue weighted by Gasteiger charge is 2.53. The molecule has 0 aromatic carbocycles. The molecule has 0 aromatic rings. The van der Waals surface area contributed by atoms with Crippen LogP contribution in [-0.2, 0) is 18.9 Å². The lowest BCUT2D eigenvalue weighted by Gasteiger charge is -2.50. The molecular formula is C26H47N3O8. The van der Waals surface area contributed by atoms with Gasteiger partial charge in [0, 0.05) is 24.4 Å². The second-order valence-electron chi connectivity index (χ2n) is 11.9. The predicted octanol–water partition coefficient (Wildman–Crippen LogP) is 0.748. The molecule has 11 nitrogen and oxygen atoms in total. The molecule has 1 amide bonds. The van der Waals surface area contributed by atoms with Crippen molar-refractivity contribution >= 4 is 6.09 Å². The Morgan fingerprint density at radius 2 is 1.97 bits per heavy atom. The quantitative estimate of drug-likeness (QED) is 0.289. The smallest absolute Gasteiger partial charge is 0.407 e. The van der Waals surface area contributed by atoms with E-state index in [1.165, 1.54) is 0 Å². The molecule has 2 aliphatic heterocycles. The first-order valence-corrected chi connectivity index (χ1v) is 13.3. The number of aliphatic hydroxyl groups excluding tert-OH is 2. The van der Waals surface area contributed by atoms with Gasteiger partial charge in [0.05, 0.1) is 30.6 Å².